The highest BCUT2D eigenvalue weighted by Gasteiger charge is 2.24. The van der Waals surface area contributed by atoms with E-state index in [4.69, 9.17) is 4.74 Å². The van der Waals surface area contributed by atoms with Crippen LogP contribution in [0.25, 0.3) is 0 Å². The lowest BCUT2D eigenvalue weighted by molar-refractivity contribution is -0.122. The number of hydrogen-bond donors (Lipinski definition) is 1. The Morgan fingerprint density at radius 1 is 1.07 bits per heavy atom. The number of nitrogens with one attached hydrogen (secondary N) is 1. The maximum atomic E-state index is 12.7. The third-order valence-electron chi connectivity index (χ3n) is 5.15. The predicted molar refractivity (Wildman–Crippen MR) is 117 cm³/mol. The van der Waals surface area contributed by atoms with Gasteiger partial charge in [-0.1, -0.05) is 0 Å². The summed E-state index contributed by atoms with van der Waals surface area (Å²) in [4.78, 5) is 40.7. The van der Waals surface area contributed by atoms with Gasteiger partial charge in [0.2, 0.25) is 5.91 Å². The van der Waals surface area contributed by atoms with Crippen LogP contribution in [-0.2, 0) is 4.79 Å². The highest BCUT2D eigenvalue weighted by Crippen LogP contribution is 2.19. The van der Waals surface area contributed by atoms with Gasteiger partial charge in [0, 0.05) is 42.4 Å². The molecular formula is C23H28N2O4S. The standard InChI is InChI=1S/C23H28N2O4S/c1-3-29-19-7-5-17(6-8-19)23(28)25-14-12-18(13-15-25)24-22(27)11-9-20(26)21-10-4-16(2)30-21/h4-8,10,18H,3,9,11-15H2,1-2H3,(H,24,27). The van der Waals surface area contributed by atoms with Crippen molar-refractivity contribution in [1.29, 1.82) is 0 Å². The lowest BCUT2D eigenvalue weighted by Crippen LogP contribution is -2.46. The van der Waals surface area contributed by atoms with E-state index in [1.54, 1.807) is 12.1 Å². The normalized spacial score (nSPS) is 14.4. The van der Waals surface area contributed by atoms with Gasteiger partial charge in [-0.15, -0.1) is 11.3 Å². The molecule has 0 saturated carbocycles. The average Bonchev–Trinajstić information content (AvgIpc) is 3.19. The number of benzene rings is 1. The van der Waals surface area contributed by atoms with E-state index in [-0.39, 0.29) is 36.5 Å². The Morgan fingerprint density at radius 3 is 2.37 bits per heavy atom. The van der Waals surface area contributed by atoms with Crippen LogP contribution in [-0.4, -0.2) is 48.2 Å². The molecule has 1 aliphatic rings. The number of rotatable bonds is 8. The Kier molecular flexibility index (Phi) is 7.63. The van der Waals surface area contributed by atoms with Crippen LogP contribution in [0.3, 0.4) is 0 Å². The maximum absolute atomic E-state index is 12.7. The molecule has 2 aromatic rings. The van der Waals surface area contributed by atoms with Gasteiger partial charge in [-0.3, -0.25) is 14.4 Å². The zero-order valence-corrected chi connectivity index (χ0v) is 18.3. The SMILES string of the molecule is CCOc1ccc(C(=O)N2CCC(NC(=O)CCC(=O)c3ccc(C)s3)CC2)cc1. The molecule has 160 valence electrons. The van der Waals surface area contributed by atoms with Gasteiger partial charge in [0.15, 0.2) is 5.78 Å². The van der Waals surface area contributed by atoms with Crippen molar-refractivity contribution in [2.24, 2.45) is 0 Å². The first-order valence-corrected chi connectivity index (χ1v) is 11.2. The number of likely N-dealkylation sites (tertiary alicyclic amines) is 1. The summed E-state index contributed by atoms with van der Waals surface area (Å²) in [5, 5.41) is 3.01. The van der Waals surface area contributed by atoms with Gasteiger partial charge in [-0.2, -0.15) is 0 Å². The van der Waals surface area contributed by atoms with E-state index in [0.29, 0.717) is 43.0 Å². The predicted octanol–water partition coefficient (Wildman–Crippen LogP) is 3.84. The van der Waals surface area contributed by atoms with Crippen molar-refractivity contribution in [3.63, 3.8) is 0 Å². The van der Waals surface area contributed by atoms with Gasteiger partial charge in [-0.25, -0.2) is 0 Å². The molecule has 1 aliphatic heterocycles. The van der Waals surface area contributed by atoms with Crippen molar-refractivity contribution in [2.45, 2.75) is 45.6 Å². The third-order valence-corrected chi connectivity index (χ3v) is 6.20. The molecule has 2 heterocycles. The molecule has 2 amide bonds. The van der Waals surface area contributed by atoms with E-state index in [1.165, 1.54) is 11.3 Å². The molecule has 7 heteroatoms. The molecular weight excluding hydrogens is 400 g/mol. The summed E-state index contributed by atoms with van der Waals surface area (Å²) >= 11 is 1.46. The zero-order valence-electron chi connectivity index (χ0n) is 17.5. The molecule has 30 heavy (non-hydrogen) atoms. The van der Waals surface area contributed by atoms with E-state index in [2.05, 4.69) is 5.32 Å². The molecule has 0 atom stereocenters. The van der Waals surface area contributed by atoms with Crippen molar-refractivity contribution < 1.29 is 19.1 Å². The van der Waals surface area contributed by atoms with Gasteiger partial charge in [0.05, 0.1) is 11.5 Å². The highest BCUT2D eigenvalue weighted by atomic mass is 32.1. The second kappa shape index (κ2) is 10.4. The Balaban J connectivity index is 1.40. The van der Waals surface area contributed by atoms with Gasteiger partial charge in [-0.05, 0) is 63.1 Å². The molecule has 1 N–H and O–H groups in total. The first-order chi connectivity index (χ1) is 14.5. The lowest BCUT2D eigenvalue weighted by Gasteiger charge is -2.32. The Labute approximate surface area is 181 Å². The van der Waals surface area contributed by atoms with Crippen LogP contribution < -0.4 is 10.1 Å². The number of thiophene rings is 1. The summed E-state index contributed by atoms with van der Waals surface area (Å²) in [6, 6.07) is 11.0. The van der Waals surface area contributed by atoms with Crippen molar-refractivity contribution >= 4 is 28.9 Å². The van der Waals surface area contributed by atoms with Crippen molar-refractivity contribution in [2.75, 3.05) is 19.7 Å². The molecule has 3 rings (SSSR count). The number of hydrogen-bond acceptors (Lipinski definition) is 5. The minimum absolute atomic E-state index is 0.000312. The summed E-state index contributed by atoms with van der Waals surface area (Å²) < 4.78 is 5.41. The van der Waals surface area contributed by atoms with Gasteiger partial charge >= 0.3 is 0 Å². The molecule has 1 saturated heterocycles. The molecule has 6 nitrogen and oxygen atoms in total. The zero-order chi connectivity index (χ0) is 21.5. The largest absolute Gasteiger partial charge is 0.494 e. The number of carbonyl (C=O) groups is 3. The molecule has 0 unspecified atom stereocenters. The van der Waals surface area contributed by atoms with Crippen LogP contribution in [0.15, 0.2) is 36.4 Å². The molecule has 1 aromatic heterocycles. The van der Waals surface area contributed by atoms with Crippen LogP contribution in [0.4, 0.5) is 0 Å². The van der Waals surface area contributed by atoms with Crippen LogP contribution in [0.2, 0.25) is 0 Å². The van der Waals surface area contributed by atoms with E-state index in [1.807, 2.05) is 43.0 Å². The smallest absolute Gasteiger partial charge is 0.253 e. The topological polar surface area (TPSA) is 75.7 Å². The highest BCUT2D eigenvalue weighted by molar-refractivity contribution is 7.14. The number of aryl methyl sites for hydroxylation is 1. The molecule has 1 fully saturated rings. The van der Waals surface area contributed by atoms with Crippen molar-refractivity contribution in [1.82, 2.24) is 10.2 Å². The number of amides is 2. The van der Waals surface area contributed by atoms with E-state index in [0.717, 1.165) is 10.6 Å². The monoisotopic (exact) mass is 428 g/mol. The maximum Gasteiger partial charge on any atom is 0.253 e. The first-order valence-electron chi connectivity index (χ1n) is 10.4. The molecule has 0 bridgehead atoms. The minimum Gasteiger partial charge on any atom is -0.494 e. The summed E-state index contributed by atoms with van der Waals surface area (Å²) in [6.45, 7) is 5.68. The number of nitrogens with zero attached hydrogens (tertiary/aromatic N) is 1. The molecule has 0 radical (unpaired) electrons. The van der Waals surface area contributed by atoms with E-state index in [9.17, 15) is 14.4 Å². The van der Waals surface area contributed by atoms with Gasteiger partial charge < -0.3 is 15.0 Å². The summed E-state index contributed by atoms with van der Waals surface area (Å²) in [5.74, 6) is 0.662. The summed E-state index contributed by atoms with van der Waals surface area (Å²) in [5.41, 5.74) is 0.642. The minimum atomic E-state index is -0.104. The second-order valence-electron chi connectivity index (χ2n) is 7.42. The van der Waals surface area contributed by atoms with Crippen molar-refractivity contribution in [3.05, 3.63) is 51.7 Å². The fraction of sp³-hybridized carbons (Fsp3) is 0.435. The van der Waals surface area contributed by atoms with Crippen LogP contribution in [0.1, 0.15) is 57.5 Å². The van der Waals surface area contributed by atoms with Gasteiger partial charge in [0.25, 0.3) is 5.91 Å². The van der Waals surface area contributed by atoms with E-state index >= 15 is 0 Å². The van der Waals surface area contributed by atoms with Crippen LogP contribution in [0, 0.1) is 6.92 Å². The number of Topliss-reactive ketones (excluding diaryl/α,β-unsaturated/α-hetero) is 1. The average molecular weight is 429 g/mol. The van der Waals surface area contributed by atoms with Crippen LogP contribution >= 0.6 is 11.3 Å². The number of piperidine rings is 1. The number of carbonyl (C=O) groups excluding carboxylic acids is 3. The van der Waals surface area contributed by atoms with Crippen molar-refractivity contribution in [3.8, 4) is 5.75 Å². The van der Waals surface area contributed by atoms with E-state index < -0.39 is 0 Å². The van der Waals surface area contributed by atoms with Gasteiger partial charge in [0.1, 0.15) is 5.75 Å². The number of ketones is 1. The quantitative estimate of drug-likeness (QED) is 0.648. The summed E-state index contributed by atoms with van der Waals surface area (Å²) in [7, 11) is 0. The second-order valence-corrected chi connectivity index (χ2v) is 8.71. The molecule has 1 aromatic carbocycles. The summed E-state index contributed by atoms with van der Waals surface area (Å²) in [6.07, 6.45) is 1.85. The van der Waals surface area contributed by atoms with Crippen LogP contribution in [0.5, 0.6) is 5.75 Å². The first kappa shape index (κ1) is 22.0. The Bertz CT molecular complexity index is 883. The fourth-order valence-corrected chi connectivity index (χ4v) is 4.34. The Morgan fingerprint density at radius 2 is 1.77 bits per heavy atom. The fourth-order valence-electron chi connectivity index (χ4n) is 3.50. The number of ether oxygens (including phenoxy) is 1. The molecule has 0 spiro atoms. The lowest BCUT2D eigenvalue weighted by atomic mass is 10.0. The Hall–Kier alpha value is -2.67. The third kappa shape index (κ3) is 5.92. The molecule has 0 aliphatic carbocycles.